The number of hydrogen-bond acceptors (Lipinski definition) is 5. The first-order chi connectivity index (χ1) is 13.0. The van der Waals surface area contributed by atoms with E-state index in [1.54, 1.807) is 16.8 Å². The van der Waals surface area contributed by atoms with E-state index in [0.29, 0.717) is 22.2 Å². The molecule has 0 saturated heterocycles. The number of halogens is 1. The summed E-state index contributed by atoms with van der Waals surface area (Å²) >= 11 is 6.03. The number of nitrogens with one attached hydrogen (secondary N) is 2. The molecule has 0 aliphatic carbocycles. The average Bonchev–Trinajstić information content (AvgIpc) is 3.09. The first-order valence-corrected chi connectivity index (χ1v) is 8.80. The van der Waals surface area contributed by atoms with Gasteiger partial charge in [-0.2, -0.15) is 4.68 Å². The highest BCUT2D eigenvalue weighted by Gasteiger charge is 2.34. The molecule has 7 nitrogen and oxygen atoms in total. The minimum atomic E-state index is -0.460. The van der Waals surface area contributed by atoms with Crippen molar-refractivity contribution in [3.8, 4) is 0 Å². The lowest BCUT2D eigenvalue weighted by Gasteiger charge is -2.28. The highest BCUT2D eigenvalue weighted by Crippen LogP contribution is 2.35. The summed E-state index contributed by atoms with van der Waals surface area (Å²) in [4.78, 5) is 13.2. The summed E-state index contributed by atoms with van der Waals surface area (Å²) in [5, 5.41) is 18.5. The number of aromatic nitrogens is 4. The molecule has 1 atom stereocenters. The molecule has 1 aliphatic rings. The van der Waals surface area contributed by atoms with Crippen LogP contribution in [0.2, 0.25) is 5.02 Å². The second-order valence-corrected chi connectivity index (χ2v) is 6.82. The van der Waals surface area contributed by atoms with Crippen molar-refractivity contribution < 1.29 is 4.79 Å². The van der Waals surface area contributed by atoms with Crippen LogP contribution in [0.15, 0.2) is 59.8 Å². The molecule has 1 amide bonds. The maximum atomic E-state index is 13.2. The van der Waals surface area contributed by atoms with Crippen molar-refractivity contribution in [3.05, 3.63) is 76.0 Å². The Morgan fingerprint density at radius 3 is 2.70 bits per heavy atom. The Hall–Kier alpha value is -3.19. The van der Waals surface area contributed by atoms with Gasteiger partial charge in [-0.05, 0) is 59.7 Å². The molecule has 1 unspecified atom stereocenters. The van der Waals surface area contributed by atoms with Crippen LogP contribution in [0, 0.1) is 6.92 Å². The number of tetrazole rings is 1. The fourth-order valence-corrected chi connectivity index (χ4v) is 3.31. The molecule has 0 saturated carbocycles. The molecule has 0 bridgehead atoms. The quantitative estimate of drug-likeness (QED) is 0.725. The van der Waals surface area contributed by atoms with Crippen LogP contribution in [0.25, 0.3) is 0 Å². The van der Waals surface area contributed by atoms with Gasteiger partial charge < -0.3 is 10.6 Å². The third-order valence-electron chi connectivity index (χ3n) is 4.42. The zero-order valence-electron chi connectivity index (χ0n) is 14.8. The molecule has 3 aromatic rings. The topological polar surface area (TPSA) is 84.7 Å². The third kappa shape index (κ3) is 3.29. The summed E-state index contributed by atoms with van der Waals surface area (Å²) in [6.45, 7) is 3.82. The van der Waals surface area contributed by atoms with Gasteiger partial charge in [0.05, 0.1) is 5.57 Å². The van der Waals surface area contributed by atoms with Gasteiger partial charge in [0.1, 0.15) is 6.04 Å². The zero-order valence-corrected chi connectivity index (χ0v) is 15.5. The van der Waals surface area contributed by atoms with Crippen molar-refractivity contribution in [1.82, 2.24) is 20.2 Å². The lowest BCUT2D eigenvalue weighted by atomic mass is 9.95. The van der Waals surface area contributed by atoms with Crippen LogP contribution >= 0.6 is 11.6 Å². The van der Waals surface area contributed by atoms with E-state index in [-0.39, 0.29) is 5.91 Å². The van der Waals surface area contributed by atoms with E-state index in [1.807, 2.05) is 50.2 Å². The van der Waals surface area contributed by atoms with Gasteiger partial charge in [0.15, 0.2) is 0 Å². The average molecular weight is 381 g/mol. The molecule has 2 aromatic carbocycles. The Labute approximate surface area is 161 Å². The highest BCUT2D eigenvalue weighted by molar-refractivity contribution is 6.30. The van der Waals surface area contributed by atoms with Gasteiger partial charge in [-0.3, -0.25) is 4.79 Å². The van der Waals surface area contributed by atoms with Crippen LogP contribution in [0.4, 0.5) is 11.6 Å². The summed E-state index contributed by atoms with van der Waals surface area (Å²) in [5.74, 6) is 0.270. The van der Waals surface area contributed by atoms with Crippen molar-refractivity contribution in [2.75, 3.05) is 10.6 Å². The van der Waals surface area contributed by atoms with Crippen LogP contribution in [-0.4, -0.2) is 26.1 Å². The standard InChI is InChI=1S/C19H17ClN6O/c1-11-4-3-5-15(10-11)22-18(27)16-12(2)21-19-23-24-25-26(19)17(16)13-6-8-14(20)9-7-13/h3-10,17H,1-2H3,(H,22,27)(H,21,23,25). The predicted molar refractivity (Wildman–Crippen MR) is 104 cm³/mol. The summed E-state index contributed by atoms with van der Waals surface area (Å²) in [6.07, 6.45) is 0. The number of nitrogens with zero attached hydrogens (tertiary/aromatic N) is 4. The zero-order chi connectivity index (χ0) is 19.0. The van der Waals surface area contributed by atoms with E-state index in [0.717, 1.165) is 16.8 Å². The van der Waals surface area contributed by atoms with Crippen LogP contribution in [-0.2, 0) is 4.79 Å². The molecule has 1 aromatic heterocycles. The molecule has 4 rings (SSSR count). The second kappa shape index (κ2) is 6.85. The number of carbonyl (C=O) groups excluding carboxylic acids is 1. The van der Waals surface area contributed by atoms with Gasteiger partial charge in [0.2, 0.25) is 5.95 Å². The Morgan fingerprint density at radius 1 is 1.19 bits per heavy atom. The fourth-order valence-electron chi connectivity index (χ4n) is 3.18. The first-order valence-electron chi connectivity index (χ1n) is 8.42. The minimum absolute atomic E-state index is 0.216. The monoisotopic (exact) mass is 380 g/mol. The second-order valence-electron chi connectivity index (χ2n) is 6.39. The molecule has 27 heavy (non-hydrogen) atoms. The number of fused-ring (bicyclic) bond motifs is 1. The van der Waals surface area contributed by atoms with Crippen molar-refractivity contribution in [1.29, 1.82) is 0 Å². The highest BCUT2D eigenvalue weighted by atomic mass is 35.5. The third-order valence-corrected chi connectivity index (χ3v) is 4.67. The summed E-state index contributed by atoms with van der Waals surface area (Å²) in [5.41, 5.74) is 3.90. The maximum Gasteiger partial charge on any atom is 0.255 e. The van der Waals surface area contributed by atoms with Crippen molar-refractivity contribution in [3.63, 3.8) is 0 Å². The summed E-state index contributed by atoms with van der Waals surface area (Å²) in [7, 11) is 0. The number of aryl methyl sites for hydroxylation is 1. The molecule has 136 valence electrons. The lowest BCUT2D eigenvalue weighted by molar-refractivity contribution is -0.113. The van der Waals surface area contributed by atoms with Crippen molar-refractivity contribution >= 4 is 29.1 Å². The molecule has 2 heterocycles. The number of rotatable bonds is 3. The maximum absolute atomic E-state index is 13.2. The van der Waals surface area contributed by atoms with Gasteiger partial charge in [0.25, 0.3) is 5.91 Å². The number of amides is 1. The minimum Gasteiger partial charge on any atom is -0.326 e. The van der Waals surface area contributed by atoms with E-state index < -0.39 is 6.04 Å². The van der Waals surface area contributed by atoms with E-state index >= 15 is 0 Å². The molecule has 0 spiro atoms. The van der Waals surface area contributed by atoms with Gasteiger partial charge in [-0.25, -0.2) is 0 Å². The van der Waals surface area contributed by atoms with Crippen LogP contribution in [0.1, 0.15) is 24.1 Å². The van der Waals surface area contributed by atoms with Crippen LogP contribution in [0.5, 0.6) is 0 Å². The van der Waals surface area contributed by atoms with E-state index in [9.17, 15) is 4.79 Å². The van der Waals surface area contributed by atoms with E-state index in [1.165, 1.54) is 0 Å². The Kier molecular flexibility index (Phi) is 4.37. The smallest absolute Gasteiger partial charge is 0.255 e. The van der Waals surface area contributed by atoms with Gasteiger partial charge >= 0.3 is 0 Å². The molecular weight excluding hydrogens is 364 g/mol. The number of carbonyl (C=O) groups is 1. The largest absolute Gasteiger partial charge is 0.326 e. The normalized spacial score (nSPS) is 15.9. The van der Waals surface area contributed by atoms with E-state index in [2.05, 4.69) is 26.2 Å². The molecule has 8 heteroatoms. The Bertz CT molecular complexity index is 1040. The van der Waals surface area contributed by atoms with Gasteiger partial charge in [0, 0.05) is 16.4 Å². The summed E-state index contributed by atoms with van der Waals surface area (Å²) in [6, 6.07) is 14.5. The van der Waals surface area contributed by atoms with Crippen LogP contribution < -0.4 is 10.6 Å². The fraction of sp³-hybridized carbons (Fsp3) is 0.158. The number of anilines is 2. The predicted octanol–water partition coefficient (Wildman–Crippen LogP) is 3.56. The van der Waals surface area contributed by atoms with Gasteiger partial charge in [-0.15, -0.1) is 0 Å². The lowest BCUT2D eigenvalue weighted by Crippen LogP contribution is -2.31. The Morgan fingerprint density at radius 2 is 1.96 bits per heavy atom. The molecule has 1 aliphatic heterocycles. The van der Waals surface area contributed by atoms with Gasteiger partial charge in [-0.1, -0.05) is 41.0 Å². The SMILES string of the molecule is CC1=C(C(=O)Nc2cccc(C)c2)C(c2ccc(Cl)cc2)n2nnnc2N1. The number of benzene rings is 2. The number of hydrogen-bond donors (Lipinski definition) is 2. The van der Waals surface area contributed by atoms with Crippen molar-refractivity contribution in [2.45, 2.75) is 19.9 Å². The molecule has 0 fully saturated rings. The molecule has 2 N–H and O–H groups in total. The summed E-state index contributed by atoms with van der Waals surface area (Å²) < 4.78 is 1.60. The van der Waals surface area contributed by atoms with E-state index in [4.69, 9.17) is 11.6 Å². The molecule has 0 radical (unpaired) electrons. The number of allylic oxidation sites excluding steroid dienone is 1. The van der Waals surface area contributed by atoms with Crippen LogP contribution in [0.3, 0.4) is 0 Å². The first kappa shape index (κ1) is 17.2. The molecular formula is C19H17ClN6O. The van der Waals surface area contributed by atoms with Crippen molar-refractivity contribution in [2.24, 2.45) is 0 Å². The Balaban J connectivity index is 1.76.